The van der Waals surface area contributed by atoms with Gasteiger partial charge in [-0.1, -0.05) is 121 Å². The maximum Gasteiger partial charge on any atom is 0.494 e. The number of alkyl carbamates (subject to hydrolysis) is 4. The Morgan fingerprint density at radius 1 is 0.476 bits per heavy atom. The fourth-order valence-corrected chi connectivity index (χ4v) is 19.4. The van der Waals surface area contributed by atoms with E-state index in [0.717, 1.165) is 182 Å². The number of H-pyrrole nitrogens is 2. The van der Waals surface area contributed by atoms with Gasteiger partial charge in [0.15, 0.2) is 0 Å². The molecule has 2 aromatic heterocycles. The lowest BCUT2D eigenvalue weighted by Gasteiger charge is -2.37. The van der Waals surface area contributed by atoms with Gasteiger partial charge in [0, 0.05) is 73.4 Å². The quantitative estimate of drug-likeness (QED) is 0.0292. The largest absolute Gasteiger partial charge is 0.494 e. The van der Waals surface area contributed by atoms with Gasteiger partial charge in [0.05, 0.1) is 87.6 Å². The van der Waals surface area contributed by atoms with E-state index in [1.54, 1.807) is 31.9 Å². The summed E-state index contributed by atoms with van der Waals surface area (Å²) >= 11 is 3.43. The first-order valence-electron chi connectivity index (χ1n) is 43.5. The number of aromatic nitrogens is 4. The Hall–Kier alpha value is -11.5. The molecule has 5 saturated heterocycles. The van der Waals surface area contributed by atoms with Crippen molar-refractivity contribution in [3.8, 4) is 33.6 Å². The number of allylic oxidation sites excluding steroid dienone is 2. The summed E-state index contributed by atoms with van der Waals surface area (Å²) in [5.41, 5.74) is 12.9. The van der Waals surface area contributed by atoms with Crippen molar-refractivity contribution < 1.29 is 71.7 Å². The summed E-state index contributed by atoms with van der Waals surface area (Å²) in [6.45, 7) is 18.4. The number of imidazole rings is 2. The van der Waals surface area contributed by atoms with Crippen LogP contribution in [0.15, 0.2) is 161 Å². The molecule has 2 aliphatic carbocycles. The van der Waals surface area contributed by atoms with Crippen molar-refractivity contribution in [2.75, 3.05) is 48.6 Å². The Kier molecular flexibility index (Phi) is 27.9. The van der Waals surface area contributed by atoms with Crippen LogP contribution in [0.25, 0.3) is 66.3 Å². The molecule has 12 atom stereocenters. The van der Waals surface area contributed by atoms with E-state index in [-0.39, 0.29) is 84.1 Å². The Morgan fingerprint density at radius 2 is 0.857 bits per heavy atom. The highest BCUT2D eigenvalue weighted by Gasteiger charge is 2.55. The average molecular weight is 1780 g/mol. The predicted molar refractivity (Wildman–Crippen MR) is 487 cm³/mol. The number of carbonyl (C=O) groups excluding carboxylic acids is 8. The van der Waals surface area contributed by atoms with Gasteiger partial charge in [0.1, 0.15) is 35.8 Å². The third-order valence-corrected chi connectivity index (χ3v) is 27.0. The summed E-state index contributed by atoms with van der Waals surface area (Å²) in [6, 6.07) is 39.6. The Balaban J connectivity index is 0.000000164. The number of ether oxygens (including phenoxy) is 4. The van der Waals surface area contributed by atoms with Crippen molar-refractivity contribution in [1.82, 2.24) is 60.8 Å². The van der Waals surface area contributed by atoms with E-state index >= 15 is 0 Å². The molecular formula is C95H114BBrN14O15. The zero-order valence-corrected chi connectivity index (χ0v) is 75.5. The van der Waals surface area contributed by atoms with Gasteiger partial charge in [0.2, 0.25) is 23.6 Å². The molecule has 29 nitrogen and oxygen atoms in total. The number of fused-ring (bicyclic) bond motifs is 6. The first-order valence-corrected chi connectivity index (χ1v) is 44.3. The van der Waals surface area contributed by atoms with Gasteiger partial charge >= 0.3 is 31.5 Å². The lowest BCUT2D eigenvalue weighted by molar-refractivity contribution is -0.136. The van der Waals surface area contributed by atoms with Crippen molar-refractivity contribution in [3.05, 3.63) is 173 Å². The summed E-state index contributed by atoms with van der Waals surface area (Å²) in [5, 5.41) is 22.1. The number of piperidine rings is 2. The molecule has 8 aromatic rings. The predicted octanol–water partition coefficient (Wildman–Crippen LogP) is 14.6. The number of nitrogens with one attached hydrogen (secondary N) is 6. The van der Waals surface area contributed by atoms with Crippen LogP contribution in [0.1, 0.15) is 174 Å². The zero-order chi connectivity index (χ0) is 89.7. The highest BCUT2D eigenvalue weighted by atomic mass is 79.9. The van der Waals surface area contributed by atoms with Crippen LogP contribution in [0.3, 0.4) is 0 Å². The van der Waals surface area contributed by atoms with Gasteiger partial charge in [-0.05, 0) is 232 Å². The van der Waals surface area contributed by atoms with Crippen LogP contribution in [0.2, 0.25) is 0 Å². The SMILES string of the molecule is CO.COC(=O)N[C@@H](C)C(=O)N1CCC[C@H]1c1ncc(-c2ccc(Br)cc2)[nH]1.COC(=O)N[C@@H](C)C(=O)N1[C@@H]2CC[C@@H](C2)[C@H]1C1=NC=C(c2ccc3cc(-c4ccc(-c5cnc([C@@H]6CCCN6C(=O)[C@@H](NC(=O)OC)C(C)C)[nH]5)cc4)ccc3c2)C1.COC(=O)N[C@@H](C)C(=O)N1[C@@H]2CC[C@@H](C2)[C@H]1C1=NC=C(c2ccc3cc(B4OC(C)(C)C(C)(C)O4)ccc3c2)C1. The summed E-state index contributed by atoms with van der Waals surface area (Å²) < 4.78 is 32.3. The van der Waals surface area contributed by atoms with Crippen LogP contribution < -0.4 is 26.7 Å². The number of aromatic amines is 2. The number of aliphatic imine (C=N–C) groups is 2. The van der Waals surface area contributed by atoms with Crippen molar-refractivity contribution in [2.45, 2.75) is 211 Å². The molecule has 31 heteroatoms. The number of rotatable bonds is 19. The highest BCUT2D eigenvalue weighted by molar-refractivity contribution is 9.10. The van der Waals surface area contributed by atoms with Crippen LogP contribution in [0.4, 0.5) is 19.2 Å². The van der Waals surface area contributed by atoms with Crippen molar-refractivity contribution in [2.24, 2.45) is 27.7 Å². The topological polar surface area (TPSA) is 355 Å². The zero-order valence-electron chi connectivity index (χ0n) is 74.0. The molecule has 126 heavy (non-hydrogen) atoms. The van der Waals surface area contributed by atoms with Gasteiger partial charge in [-0.15, -0.1) is 0 Å². The smallest absolute Gasteiger partial charge is 0.453 e. The van der Waals surface area contributed by atoms with E-state index in [9.17, 15) is 38.4 Å². The van der Waals surface area contributed by atoms with E-state index in [4.69, 9.17) is 43.6 Å². The number of halogens is 1. The van der Waals surface area contributed by atoms with E-state index in [2.05, 4.69) is 182 Å². The fraction of sp³-hybridized carbons (Fsp3) is 0.453. The molecule has 7 aliphatic heterocycles. The number of methoxy groups -OCH3 is 4. The number of aliphatic hydroxyl groups is 1. The minimum atomic E-state index is -0.683. The van der Waals surface area contributed by atoms with Gasteiger partial charge in [-0.3, -0.25) is 29.2 Å². The Labute approximate surface area is 743 Å². The maximum absolute atomic E-state index is 13.6. The molecule has 7 N–H and O–H groups in total. The molecule has 7 fully saturated rings. The van der Waals surface area contributed by atoms with Gasteiger partial charge in [0.25, 0.3) is 0 Å². The van der Waals surface area contributed by atoms with Crippen LogP contribution in [0, 0.1) is 17.8 Å². The first kappa shape index (κ1) is 90.7. The average Bonchev–Trinajstić information content (AvgIpc) is 1.60. The number of carbonyl (C=O) groups is 8. The van der Waals surface area contributed by atoms with E-state index < -0.39 is 48.5 Å². The lowest BCUT2D eigenvalue weighted by Crippen LogP contribution is -2.55. The second-order valence-corrected chi connectivity index (χ2v) is 36.1. The lowest BCUT2D eigenvalue weighted by atomic mass is 9.78. The van der Waals surface area contributed by atoms with Crippen molar-refractivity contribution in [3.63, 3.8) is 0 Å². The molecular weight excluding hydrogens is 1670 g/mol. The summed E-state index contributed by atoms with van der Waals surface area (Å²) in [4.78, 5) is 133. The number of hydrogen-bond acceptors (Lipinski definition) is 19. The van der Waals surface area contributed by atoms with E-state index in [0.29, 0.717) is 37.8 Å². The second kappa shape index (κ2) is 38.7. The first-order chi connectivity index (χ1) is 60.5. The summed E-state index contributed by atoms with van der Waals surface area (Å²) in [7, 11) is 5.79. The second-order valence-electron chi connectivity index (χ2n) is 35.2. The molecule has 9 aliphatic rings. The molecule has 17 rings (SSSR count). The standard InChI is InChI=1S/C45H51N7O6.C31H38BN3O5.C18H21BrN4O3.CH4O/c1-25(2)39(50-45(56)58-5)43(54)51-18-6-7-38(51)41-47-24-37(49-41)28-10-8-27(9-11-28)29-12-13-31-20-32(15-14-30(31)19-29)34-22-36(46-23-34)40-33-16-17-35(21-33)52(40)42(53)26(3)48-44(55)57-4;1-18(34-29(37)38-6)28(36)35-25-12-10-22(15-25)27(35)26-16-23(17-33-26)20-7-8-21-14-24(11-9-19(21)13-20)32-39-30(2,3)31(4,5)40-32;1-11(21-18(25)26-2)17(24)23-9-3-4-15(23)16-20-10-14(22-16)12-5-7-13(19)8-6-12;1-2/h8-15,19-20,23-26,33,35,38-40H,6-7,16-18,21-22H2,1-5H3,(H,47,49)(H,48,55)(H,50,56);7-9,11,13-14,17-18,22,25,27H,10,12,15-16H2,1-6H3,(H,34,37);5-8,10-11,15H,3-4,9H2,1-2H3,(H,20,22)(H,21,25);2H,1H3/t26-,33-,35+,38-,39-,40-;18-,22-,25+,27-;11-,15-;/m000./s1. The van der Waals surface area contributed by atoms with Crippen LogP contribution in [-0.2, 0) is 47.4 Å². The molecule has 6 aromatic carbocycles. The van der Waals surface area contributed by atoms with Gasteiger partial charge < -0.3 is 84.2 Å². The summed E-state index contributed by atoms with van der Waals surface area (Å²) in [6.07, 6.45) is 16.0. The molecule has 4 bridgehead atoms. The van der Waals surface area contributed by atoms with Crippen LogP contribution in [0.5, 0.6) is 0 Å². The molecule has 8 amide bonds. The molecule has 2 saturated carbocycles. The Bertz CT molecular complexity index is 5520. The highest BCUT2D eigenvalue weighted by Crippen LogP contribution is 2.48. The molecule has 0 radical (unpaired) electrons. The normalized spacial score (nSPS) is 22.5. The number of hydrogen-bond donors (Lipinski definition) is 7. The molecule has 0 spiro atoms. The molecule has 664 valence electrons. The number of likely N-dealkylation sites (tertiary alicyclic amines) is 4. The molecule has 0 unspecified atom stereocenters. The van der Waals surface area contributed by atoms with Crippen molar-refractivity contribution >= 4 is 121 Å². The minimum Gasteiger partial charge on any atom is -0.453 e. The van der Waals surface area contributed by atoms with Crippen molar-refractivity contribution in [1.29, 1.82) is 0 Å². The monoisotopic (exact) mass is 1780 g/mol. The third kappa shape index (κ3) is 19.2. The third-order valence-electron chi connectivity index (χ3n) is 26.5. The number of aliphatic hydroxyl groups excluding tert-OH is 1. The number of amides is 8. The number of benzene rings is 6. The number of nitrogens with zero attached hydrogens (tertiary/aromatic N) is 8. The van der Waals surface area contributed by atoms with E-state index in [1.807, 2.05) is 71.4 Å². The van der Waals surface area contributed by atoms with Gasteiger partial charge in [-0.25, -0.2) is 29.1 Å². The maximum atomic E-state index is 13.6. The van der Waals surface area contributed by atoms with Crippen LogP contribution >= 0.6 is 15.9 Å². The fourth-order valence-electron chi connectivity index (χ4n) is 19.2. The Morgan fingerprint density at radius 3 is 1.30 bits per heavy atom. The molecule has 9 heterocycles. The van der Waals surface area contributed by atoms with Gasteiger partial charge in [-0.2, -0.15) is 0 Å². The van der Waals surface area contributed by atoms with Crippen LogP contribution in [-0.4, -0.2) is 219 Å². The van der Waals surface area contributed by atoms with E-state index in [1.165, 1.54) is 28.4 Å². The minimum absolute atomic E-state index is 0.0233. The summed E-state index contributed by atoms with van der Waals surface area (Å²) in [5.74, 6) is 1.77.